The van der Waals surface area contributed by atoms with Crippen LogP contribution in [0.3, 0.4) is 0 Å². The van der Waals surface area contributed by atoms with Gasteiger partial charge in [-0.05, 0) is 43.7 Å². The fourth-order valence-electron chi connectivity index (χ4n) is 2.83. The molecular weight excluding hydrogens is 472 g/mol. The maximum atomic E-state index is 13.5. The molecule has 0 aliphatic heterocycles. The third-order valence-corrected chi connectivity index (χ3v) is 4.27. The molecule has 0 radical (unpaired) electrons. The number of fused-ring (bicyclic) bond motifs is 1. The van der Waals surface area contributed by atoms with E-state index in [9.17, 15) is 9.50 Å². The number of aliphatic imine (C=N–C) groups is 1. The first-order valence-electron chi connectivity index (χ1n) is 9.02. The van der Waals surface area contributed by atoms with Crippen LogP contribution in [0, 0.1) is 5.82 Å². The molecule has 1 aromatic heterocycles. The highest BCUT2D eigenvalue weighted by Crippen LogP contribution is 2.23. The Kier molecular flexibility index (Phi) is 8.25. The lowest BCUT2D eigenvalue weighted by Crippen LogP contribution is -2.38. The molecule has 0 fully saturated rings. The van der Waals surface area contributed by atoms with Crippen LogP contribution >= 0.6 is 24.0 Å². The number of rotatable bonds is 6. The molecule has 28 heavy (non-hydrogen) atoms. The molecule has 0 aliphatic carbocycles. The molecule has 7 heteroatoms. The minimum absolute atomic E-state index is 0. The molecule has 0 aliphatic rings. The van der Waals surface area contributed by atoms with Crippen molar-refractivity contribution in [2.75, 3.05) is 6.54 Å². The monoisotopic (exact) mass is 497 g/mol. The Hall–Kier alpha value is -2.13. The van der Waals surface area contributed by atoms with Gasteiger partial charge in [-0.3, -0.25) is 0 Å². The van der Waals surface area contributed by atoms with Crippen LogP contribution in [0.15, 0.2) is 57.9 Å². The van der Waals surface area contributed by atoms with Gasteiger partial charge < -0.3 is 20.2 Å². The molecule has 1 atom stereocenters. The summed E-state index contributed by atoms with van der Waals surface area (Å²) in [5, 5.41) is 16.8. The molecule has 1 unspecified atom stereocenters. The van der Waals surface area contributed by atoms with Gasteiger partial charge in [0.1, 0.15) is 17.2 Å². The fraction of sp³-hybridized carbons (Fsp3) is 0.286. The summed E-state index contributed by atoms with van der Waals surface area (Å²) in [4.78, 5) is 4.56. The lowest BCUT2D eigenvalue weighted by Gasteiger charge is -2.16. The van der Waals surface area contributed by atoms with Gasteiger partial charge in [-0.1, -0.05) is 24.3 Å². The molecule has 0 amide bonds. The second-order valence-electron chi connectivity index (χ2n) is 6.33. The van der Waals surface area contributed by atoms with Gasteiger partial charge in [0.15, 0.2) is 5.96 Å². The van der Waals surface area contributed by atoms with Crippen LogP contribution < -0.4 is 10.6 Å². The predicted molar refractivity (Wildman–Crippen MR) is 120 cm³/mol. The number of benzene rings is 2. The summed E-state index contributed by atoms with van der Waals surface area (Å²) in [5.74, 6) is 1.06. The number of aliphatic hydroxyl groups excluding tert-OH is 1. The highest BCUT2D eigenvalue weighted by Gasteiger charge is 2.13. The van der Waals surface area contributed by atoms with Crippen LogP contribution in [0.1, 0.15) is 36.8 Å². The second kappa shape index (κ2) is 10.4. The van der Waals surface area contributed by atoms with E-state index in [2.05, 4.69) is 15.6 Å². The standard InChI is InChI=1S/C21H24FN3O2.HI/c1-3-23-21(24-12-15-8-9-18(22)17(10-15)13-26)25-14(2)20-11-16-6-4-5-7-19(16)27-20;/h4-11,14,26H,3,12-13H2,1-2H3,(H2,23,24,25);1H. The summed E-state index contributed by atoms with van der Waals surface area (Å²) in [6.07, 6.45) is 0. The predicted octanol–water partition coefficient (Wildman–Crippen LogP) is 4.50. The van der Waals surface area contributed by atoms with Crippen molar-refractivity contribution in [3.63, 3.8) is 0 Å². The highest BCUT2D eigenvalue weighted by molar-refractivity contribution is 14.0. The third-order valence-electron chi connectivity index (χ3n) is 4.27. The van der Waals surface area contributed by atoms with Crippen molar-refractivity contribution in [1.82, 2.24) is 10.6 Å². The van der Waals surface area contributed by atoms with Crippen LogP contribution in [0.5, 0.6) is 0 Å². The summed E-state index contributed by atoms with van der Waals surface area (Å²) >= 11 is 0. The summed E-state index contributed by atoms with van der Waals surface area (Å²) < 4.78 is 19.4. The van der Waals surface area contributed by atoms with Gasteiger partial charge in [-0.15, -0.1) is 24.0 Å². The second-order valence-corrected chi connectivity index (χ2v) is 6.33. The lowest BCUT2D eigenvalue weighted by atomic mass is 10.1. The molecule has 3 N–H and O–H groups in total. The average Bonchev–Trinajstić information content (AvgIpc) is 3.11. The smallest absolute Gasteiger partial charge is 0.192 e. The molecule has 0 saturated heterocycles. The topological polar surface area (TPSA) is 69.8 Å². The van der Waals surface area contributed by atoms with Crippen molar-refractivity contribution in [3.8, 4) is 0 Å². The summed E-state index contributed by atoms with van der Waals surface area (Å²) in [6, 6.07) is 14.5. The van der Waals surface area contributed by atoms with E-state index >= 15 is 0 Å². The van der Waals surface area contributed by atoms with E-state index in [0.29, 0.717) is 19.0 Å². The minimum Gasteiger partial charge on any atom is -0.459 e. The molecule has 2 aromatic carbocycles. The van der Waals surface area contributed by atoms with Crippen molar-refractivity contribution in [3.05, 3.63) is 71.2 Å². The zero-order chi connectivity index (χ0) is 19.2. The van der Waals surface area contributed by atoms with E-state index in [1.165, 1.54) is 6.07 Å². The van der Waals surface area contributed by atoms with Crippen molar-refractivity contribution in [2.45, 2.75) is 33.0 Å². The number of nitrogens with one attached hydrogen (secondary N) is 2. The first-order chi connectivity index (χ1) is 13.1. The Morgan fingerprint density at radius 2 is 2.00 bits per heavy atom. The zero-order valence-corrected chi connectivity index (χ0v) is 18.2. The Morgan fingerprint density at radius 3 is 2.71 bits per heavy atom. The van der Waals surface area contributed by atoms with Gasteiger partial charge in [0.2, 0.25) is 0 Å². The number of aliphatic hydroxyl groups is 1. The molecule has 0 saturated carbocycles. The largest absolute Gasteiger partial charge is 0.459 e. The zero-order valence-electron chi connectivity index (χ0n) is 15.9. The van der Waals surface area contributed by atoms with Crippen LogP contribution in [0.25, 0.3) is 11.0 Å². The number of nitrogens with zero attached hydrogens (tertiary/aromatic N) is 1. The van der Waals surface area contributed by atoms with E-state index < -0.39 is 5.82 Å². The summed E-state index contributed by atoms with van der Waals surface area (Å²) in [6.45, 7) is 4.75. The molecule has 0 bridgehead atoms. The molecule has 1 heterocycles. The minimum atomic E-state index is -0.409. The third kappa shape index (κ3) is 5.45. The van der Waals surface area contributed by atoms with Gasteiger partial charge in [0.05, 0.1) is 19.2 Å². The van der Waals surface area contributed by atoms with Crippen LogP contribution in [0.2, 0.25) is 0 Å². The molecule has 3 rings (SSSR count). The first-order valence-corrected chi connectivity index (χ1v) is 9.02. The van der Waals surface area contributed by atoms with Crippen molar-refractivity contribution >= 4 is 40.9 Å². The summed E-state index contributed by atoms with van der Waals surface area (Å²) in [7, 11) is 0. The average molecular weight is 497 g/mol. The van der Waals surface area contributed by atoms with Gasteiger partial charge >= 0.3 is 0 Å². The Morgan fingerprint density at radius 1 is 1.21 bits per heavy atom. The molecule has 150 valence electrons. The van der Waals surface area contributed by atoms with E-state index in [4.69, 9.17) is 4.42 Å². The van der Waals surface area contributed by atoms with Crippen LogP contribution in [-0.4, -0.2) is 17.6 Å². The van der Waals surface area contributed by atoms with Crippen LogP contribution in [0.4, 0.5) is 4.39 Å². The van der Waals surface area contributed by atoms with Crippen molar-refractivity contribution in [1.29, 1.82) is 0 Å². The Labute approximate surface area is 181 Å². The maximum absolute atomic E-state index is 13.5. The van der Waals surface area contributed by atoms with Crippen LogP contribution in [-0.2, 0) is 13.2 Å². The fourth-order valence-corrected chi connectivity index (χ4v) is 2.83. The van der Waals surface area contributed by atoms with E-state index in [-0.39, 0.29) is 42.2 Å². The molecule has 5 nitrogen and oxygen atoms in total. The normalized spacial score (nSPS) is 12.5. The van der Waals surface area contributed by atoms with Gasteiger partial charge in [-0.25, -0.2) is 9.38 Å². The lowest BCUT2D eigenvalue weighted by molar-refractivity contribution is 0.275. The first kappa shape index (κ1) is 22.2. The van der Waals surface area contributed by atoms with E-state index in [0.717, 1.165) is 22.3 Å². The quantitative estimate of drug-likeness (QED) is 0.267. The maximum Gasteiger partial charge on any atom is 0.192 e. The molecule has 3 aromatic rings. The Balaban J connectivity index is 0.00000280. The number of halogens is 2. The molecule has 0 spiro atoms. The number of hydrogen-bond donors (Lipinski definition) is 3. The number of guanidine groups is 1. The van der Waals surface area contributed by atoms with Gasteiger partial charge in [0.25, 0.3) is 0 Å². The number of hydrogen-bond acceptors (Lipinski definition) is 3. The van der Waals surface area contributed by atoms with E-state index in [1.807, 2.05) is 44.2 Å². The number of para-hydroxylation sites is 1. The van der Waals surface area contributed by atoms with Gasteiger partial charge in [0, 0.05) is 17.5 Å². The number of furan rings is 1. The SMILES string of the molecule is CCNC(=NCc1ccc(F)c(CO)c1)NC(C)c1cc2ccccc2o1.I. The van der Waals surface area contributed by atoms with Crippen molar-refractivity contribution in [2.24, 2.45) is 4.99 Å². The van der Waals surface area contributed by atoms with E-state index in [1.54, 1.807) is 12.1 Å². The van der Waals surface area contributed by atoms with Gasteiger partial charge in [-0.2, -0.15) is 0 Å². The Bertz CT molecular complexity index is 909. The highest BCUT2D eigenvalue weighted by atomic mass is 127. The molecular formula is C21H25FIN3O2. The van der Waals surface area contributed by atoms with Crippen molar-refractivity contribution < 1.29 is 13.9 Å². The summed E-state index contributed by atoms with van der Waals surface area (Å²) in [5.41, 5.74) is 1.95.